The first-order chi connectivity index (χ1) is 12.0. The molecule has 1 unspecified atom stereocenters. The first kappa shape index (κ1) is 17.1. The third-order valence-electron chi connectivity index (χ3n) is 3.59. The molecular formula is C17H15ClFN5O. The number of benzene rings is 1. The molecule has 0 aliphatic carbocycles. The highest BCUT2D eigenvalue weighted by atomic mass is 35.5. The molecule has 3 rings (SSSR count). The van der Waals surface area contributed by atoms with Crippen LogP contribution >= 0.6 is 11.6 Å². The molecule has 1 amide bonds. The summed E-state index contributed by atoms with van der Waals surface area (Å²) in [6.45, 7) is 0. The Kier molecular flexibility index (Phi) is 5.06. The van der Waals surface area contributed by atoms with Gasteiger partial charge in [0.2, 0.25) is 5.91 Å². The number of nitrogens with one attached hydrogen (secondary N) is 2. The van der Waals surface area contributed by atoms with Crippen LogP contribution in [0.1, 0.15) is 5.56 Å². The largest absolute Gasteiger partial charge is 0.320 e. The molecule has 0 radical (unpaired) electrons. The van der Waals surface area contributed by atoms with E-state index < -0.39 is 17.8 Å². The van der Waals surface area contributed by atoms with Gasteiger partial charge in [-0.25, -0.2) is 4.39 Å². The van der Waals surface area contributed by atoms with Crippen molar-refractivity contribution in [2.45, 2.75) is 12.5 Å². The molecule has 6 nitrogen and oxygen atoms in total. The van der Waals surface area contributed by atoms with Gasteiger partial charge in [0.25, 0.3) is 0 Å². The number of pyridine rings is 1. The average Bonchev–Trinajstić information content (AvgIpc) is 3.07. The van der Waals surface area contributed by atoms with E-state index in [0.29, 0.717) is 17.1 Å². The molecule has 128 valence electrons. The number of carbonyl (C=O) groups is 1. The monoisotopic (exact) mass is 359 g/mol. The summed E-state index contributed by atoms with van der Waals surface area (Å²) >= 11 is 5.64. The minimum absolute atomic E-state index is 0.0304. The Labute approximate surface area is 148 Å². The van der Waals surface area contributed by atoms with Gasteiger partial charge < -0.3 is 11.1 Å². The van der Waals surface area contributed by atoms with Gasteiger partial charge in [-0.2, -0.15) is 5.10 Å². The average molecular weight is 360 g/mol. The zero-order valence-electron chi connectivity index (χ0n) is 13.0. The van der Waals surface area contributed by atoms with Gasteiger partial charge in [0.05, 0.1) is 16.8 Å². The predicted molar refractivity (Wildman–Crippen MR) is 93.5 cm³/mol. The molecule has 25 heavy (non-hydrogen) atoms. The lowest BCUT2D eigenvalue weighted by atomic mass is 10.1. The number of amides is 1. The van der Waals surface area contributed by atoms with Crippen LogP contribution in [0, 0.1) is 5.82 Å². The van der Waals surface area contributed by atoms with Crippen molar-refractivity contribution in [2.24, 2.45) is 5.73 Å². The molecule has 2 aromatic heterocycles. The van der Waals surface area contributed by atoms with Crippen molar-refractivity contribution >= 4 is 23.3 Å². The zero-order chi connectivity index (χ0) is 17.8. The van der Waals surface area contributed by atoms with Gasteiger partial charge in [-0.15, -0.1) is 0 Å². The maximum atomic E-state index is 13.5. The molecule has 1 atom stereocenters. The molecule has 0 aliphatic rings. The number of hydrogen-bond acceptors (Lipinski definition) is 4. The fraction of sp³-hybridized carbons (Fsp3) is 0.118. The van der Waals surface area contributed by atoms with Crippen LogP contribution in [0.25, 0.3) is 11.3 Å². The summed E-state index contributed by atoms with van der Waals surface area (Å²) in [5, 5.41) is 9.56. The third-order valence-corrected chi connectivity index (χ3v) is 3.89. The van der Waals surface area contributed by atoms with E-state index in [9.17, 15) is 9.18 Å². The summed E-state index contributed by atoms with van der Waals surface area (Å²) in [4.78, 5) is 16.1. The Morgan fingerprint density at radius 1 is 1.28 bits per heavy atom. The van der Waals surface area contributed by atoms with Crippen LogP contribution in [0.15, 0.2) is 48.8 Å². The summed E-state index contributed by atoms with van der Waals surface area (Å²) in [5.74, 6) is -0.517. The van der Waals surface area contributed by atoms with E-state index in [1.807, 2.05) is 12.1 Å². The van der Waals surface area contributed by atoms with Crippen molar-refractivity contribution in [3.8, 4) is 11.3 Å². The molecule has 4 N–H and O–H groups in total. The molecule has 1 aromatic carbocycles. The molecule has 0 spiro atoms. The van der Waals surface area contributed by atoms with Gasteiger partial charge in [-0.1, -0.05) is 17.7 Å². The molecule has 2 heterocycles. The smallest absolute Gasteiger partial charge is 0.242 e. The predicted octanol–water partition coefficient (Wildman–Crippen LogP) is 2.77. The molecule has 0 fully saturated rings. The van der Waals surface area contributed by atoms with Gasteiger partial charge in [-0.3, -0.25) is 14.9 Å². The number of nitrogens with two attached hydrogens (primary N) is 1. The Morgan fingerprint density at radius 2 is 2.04 bits per heavy atom. The number of halogens is 2. The van der Waals surface area contributed by atoms with Crippen molar-refractivity contribution in [3.63, 3.8) is 0 Å². The Hall–Kier alpha value is -2.77. The molecule has 0 aliphatic heterocycles. The standard InChI is InChI=1S/C17H15ClFN5O/c18-12-2-1-10(7-13(12)19)8-14(20)17(25)22-16-9-15(23-24-16)11-3-5-21-6-4-11/h1-7,9,14H,8,20H2,(H2,22,23,24,25). The fourth-order valence-electron chi connectivity index (χ4n) is 2.29. The molecule has 8 heteroatoms. The van der Waals surface area contributed by atoms with Crippen LogP contribution in [0.5, 0.6) is 0 Å². The van der Waals surface area contributed by atoms with E-state index in [0.717, 1.165) is 5.56 Å². The first-order valence-corrected chi connectivity index (χ1v) is 7.87. The lowest BCUT2D eigenvalue weighted by Crippen LogP contribution is -2.37. The van der Waals surface area contributed by atoms with Crippen LogP contribution in [0.3, 0.4) is 0 Å². The van der Waals surface area contributed by atoms with Gasteiger partial charge >= 0.3 is 0 Å². The topological polar surface area (TPSA) is 96.7 Å². The Bertz CT molecular complexity index is 884. The van der Waals surface area contributed by atoms with Crippen molar-refractivity contribution < 1.29 is 9.18 Å². The van der Waals surface area contributed by atoms with Crippen molar-refractivity contribution in [2.75, 3.05) is 5.32 Å². The second-order valence-electron chi connectivity index (χ2n) is 5.45. The number of carbonyl (C=O) groups excluding carboxylic acids is 1. The van der Waals surface area contributed by atoms with Gasteiger partial charge in [0.15, 0.2) is 0 Å². The van der Waals surface area contributed by atoms with Crippen molar-refractivity contribution in [1.29, 1.82) is 0 Å². The zero-order valence-corrected chi connectivity index (χ0v) is 13.8. The van der Waals surface area contributed by atoms with Crippen molar-refractivity contribution in [1.82, 2.24) is 15.2 Å². The second-order valence-corrected chi connectivity index (χ2v) is 5.86. The van der Waals surface area contributed by atoms with Crippen LogP contribution in [-0.4, -0.2) is 27.1 Å². The van der Waals surface area contributed by atoms with Crippen LogP contribution in [0.4, 0.5) is 10.2 Å². The molecular weight excluding hydrogens is 345 g/mol. The van der Waals surface area contributed by atoms with E-state index in [1.54, 1.807) is 24.5 Å². The van der Waals surface area contributed by atoms with E-state index in [-0.39, 0.29) is 11.4 Å². The third kappa shape index (κ3) is 4.20. The molecule has 0 saturated heterocycles. The second kappa shape index (κ2) is 7.42. The number of H-pyrrole nitrogens is 1. The van der Waals surface area contributed by atoms with E-state index in [1.165, 1.54) is 12.1 Å². The van der Waals surface area contributed by atoms with Crippen LogP contribution in [0.2, 0.25) is 5.02 Å². The first-order valence-electron chi connectivity index (χ1n) is 7.49. The molecule has 0 saturated carbocycles. The van der Waals surface area contributed by atoms with Gasteiger partial charge in [0, 0.05) is 24.0 Å². The number of aromatic amines is 1. The van der Waals surface area contributed by atoms with Crippen molar-refractivity contribution in [3.05, 3.63) is 65.2 Å². The normalized spacial score (nSPS) is 12.0. The highest BCUT2D eigenvalue weighted by Gasteiger charge is 2.16. The Balaban J connectivity index is 1.63. The lowest BCUT2D eigenvalue weighted by Gasteiger charge is -2.11. The summed E-state index contributed by atoms with van der Waals surface area (Å²) in [7, 11) is 0. The minimum Gasteiger partial charge on any atom is -0.320 e. The highest BCUT2D eigenvalue weighted by molar-refractivity contribution is 6.30. The summed E-state index contributed by atoms with van der Waals surface area (Å²) in [5.41, 5.74) is 8.02. The lowest BCUT2D eigenvalue weighted by molar-refractivity contribution is -0.117. The number of aromatic nitrogens is 3. The summed E-state index contributed by atoms with van der Waals surface area (Å²) in [6.07, 6.45) is 3.50. The van der Waals surface area contributed by atoms with E-state index >= 15 is 0 Å². The number of hydrogen-bond donors (Lipinski definition) is 3. The fourth-order valence-corrected chi connectivity index (χ4v) is 2.41. The Morgan fingerprint density at radius 3 is 2.76 bits per heavy atom. The summed E-state index contributed by atoms with van der Waals surface area (Å²) < 4.78 is 13.5. The van der Waals surface area contributed by atoms with E-state index in [4.69, 9.17) is 17.3 Å². The SMILES string of the molecule is NC(Cc1ccc(Cl)c(F)c1)C(=O)Nc1cc(-c2ccncc2)n[nH]1. The maximum absolute atomic E-state index is 13.5. The minimum atomic E-state index is -0.840. The number of anilines is 1. The van der Waals surface area contributed by atoms with Gasteiger partial charge in [0.1, 0.15) is 11.6 Å². The van der Waals surface area contributed by atoms with E-state index in [2.05, 4.69) is 20.5 Å². The number of nitrogens with zero attached hydrogens (tertiary/aromatic N) is 2. The quantitative estimate of drug-likeness (QED) is 0.652. The van der Waals surface area contributed by atoms with Gasteiger partial charge in [-0.05, 0) is 36.2 Å². The summed E-state index contributed by atoms with van der Waals surface area (Å²) in [6, 6.07) is 8.82. The van der Waals surface area contributed by atoms with Crippen LogP contribution < -0.4 is 11.1 Å². The van der Waals surface area contributed by atoms with Crippen LogP contribution in [-0.2, 0) is 11.2 Å². The molecule has 3 aromatic rings. The highest BCUT2D eigenvalue weighted by Crippen LogP contribution is 2.19. The maximum Gasteiger partial charge on any atom is 0.242 e. The number of rotatable bonds is 5. The molecule has 0 bridgehead atoms.